The Morgan fingerprint density at radius 3 is 2.71 bits per heavy atom. The largest absolute Gasteiger partial charge is 0.507 e. The number of benzene rings is 2. The second kappa shape index (κ2) is 3.74. The third kappa shape index (κ3) is 1.45. The van der Waals surface area contributed by atoms with E-state index in [1.807, 2.05) is 30.5 Å². The fourth-order valence-electron chi connectivity index (χ4n) is 2.35. The highest BCUT2D eigenvalue weighted by atomic mass is 16.3. The number of hydrogen-bond acceptors (Lipinski definition) is 2. The summed E-state index contributed by atoms with van der Waals surface area (Å²) in [5.74, 6) is 0.329. The van der Waals surface area contributed by atoms with E-state index in [0.717, 1.165) is 28.1 Å². The SMILES string of the molecule is CCc1cccc2ncc3cccc(O)c3c12. The number of aromatic nitrogens is 1. The van der Waals surface area contributed by atoms with E-state index in [-0.39, 0.29) is 0 Å². The molecule has 17 heavy (non-hydrogen) atoms. The molecule has 0 saturated carbocycles. The Hall–Kier alpha value is -2.09. The summed E-state index contributed by atoms with van der Waals surface area (Å²) in [6.07, 6.45) is 2.75. The van der Waals surface area contributed by atoms with E-state index in [1.54, 1.807) is 6.07 Å². The van der Waals surface area contributed by atoms with Crippen LogP contribution >= 0.6 is 0 Å². The molecule has 2 nitrogen and oxygen atoms in total. The number of aryl methyl sites for hydroxylation is 1. The molecule has 0 aliphatic carbocycles. The fourth-order valence-corrected chi connectivity index (χ4v) is 2.35. The van der Waals surface area contributed by atoms with Gasteiger partial charge in [-0.05, 0) is 24.1 Å². The summed E-state index contributed by atoms with van der Waals surface area (Å²) in [5, 5.41) is 13.0. The molecule has 84 valence electrons. The van der Waals surface area contributed by atoms with Gasteiger partial charge in [0.05, 0.1) is 5.52 Å². The Kier molecular flexibility index (Phi) is 2.22. The molecule has 0 saturated heterocycles. The molecule has 1 heterocycles. The van der Waals surface area contributed by atoms with Crippen molar-refractivity contribution in [3.8, 4) is 5.75 Å². The summed E-state index contributed by atoms with van der Waals surface area (Å²) in [5.41, 5.74) is 2.17. The number of fused-ring (bicyclic) bond motifs is 3. The Labute approximate surface area is 99.5 Å². The van der Waals surface area contributed by atoms with Crippen LogP contribution in [0.5, 0.6) is 5.75 Å². The molecule has 1 aromatic heterocycles. The number of phenols is 1. The van der Waals surface area contributed by atoms with Gasteiger partial charge in [-0.15, -0.1) is 0 Å². The van der Waals surface area contributed by atoms with Crippen molar-refractivity contribution in [2.24, 2.45) is 0 Å². The molecule has 0 spiro atoms. The number of phenolic OH excluding ortho intramolecular Hbond substituents is 1. The summed E-state index contributed by atoms with van der Waals surface area (Å²) in [6.45, 7) is 2.12. The normalized spacial score (nSPS) is 11.1. The van der Waals surface area contributed by atoms with E-state index in [2.05, 4.69) is 18.0 Å². The molecule has 0 unspecified atom stereocenters. The molecule has 0 aliphatic heterocycles. The van der Waals surface area contributed by atoms with E-state index in [1.165, 1.54) is 5.56 Å². The average Bonchev–Trinajstić information content (AvgIpc) is 2.38. The van der Waals surface area contributed by atoms with Crippen LogP contribution in [0.15, 0.2) is 42.6 Å². The van der Waals surface area contributed by atoms with Crippen molar-refractivity contribution >= 4 is 21.7 Å². The Morgan fingerprint density at radius 1 is 1.06 bits per heavy atom. The summed E-state index contributed by atoms with van der Waals surface area (Å²) in [6, 6.07) is 11.7. The molecular formula is C15H13NO. The first-order valence-electron chi connectivity index (χ1n) is 5.79. The predicted octanol–water partition coefficient (Wildman–Crippen LogP) is 3.66. The number of hydrogen-bond donors (Lipinski definition) is 1. The van der Waals surface area contributed by atoms with Crippen LogP contribution in [-0.2, 0) is 6.42 Å². The molecule has 0 amide bonds. The Balaban J connectivity index is 2.61. The maximum atomic E-state index is 10.1. The Morgan fingerprint density at radius 2 is 1.88 bits per heavy atom. The second-order valence-electron chi connectivity index (χ2n) is 4.16. The molecule has 0 radical (unpaired) electrons. The summed E-state index contributed by atoms with van der Waals surface area (Å²) in [4.78, 5) is 4.45. The summed E-state index contributed by atoms with van der Waals surface area (Å²) in [7, 11) is 0. The maximum Gasteiger partial charge on any atom is 0.124 e. The van der Waals surface area contributed by atoms with Gasteiger partial charge in [-0.1, -0.05) is 31.2 Å². The molecule has 0 bridgehead atoms. The molecule has 1 N–H and O–H groups in total. The van der Waals surface area contributed by atoms with Crippen LogP contribution in [0, 0.1) is 0 Å². The molecule has 0 aliphatic rings. The van der Waals surface area contributed by atoms with Crippen LogP contribution in [0.1, 0.15) is 12.5 Å². The Bertz CT molecular complexity index is 704. The average molecular weight is 223 g/mol. The zero-order valence-electron chi connectivity index (χ0n) is 9.64. The molecular weight excluding hydrogens is 210 g/mol. The van der Waals surface area contributed by atoms with E-state index in [4.69, 9.17) is 0 Å². The minimum absolute atomic E-state index is 0.329. The van der Waals surface area contributed by atoms with Crippen molar-refractivity contribution in [1.29, 1.82) is 0 Å². The van der Waals surface area contributed by atoms with Gasteiger partial charge in [0, 0.05) is 22.4 Å². The van der Waals surface area contributed by atoms with Crippen molar-refractivity contribution in [3.05, 3.63) is 48.2 Å². The van der Waals surface area contributed by atoms with Crippen molar-refractivity contribution in [3.63, 3.8) is 0 Å². The van der Waals surface area contributed by atoms with Gasteiger partial charge < -0.3 is 5.11 Å². The number of aromatic hydroxyl groups is 1. The van der Waals surface area contributed by atoms with E-state index in [9.17, 15) is 5.11 Å². The monoisotopic (exact) mass is 223 g/mol. The van der Waals surface area contributed by atoms with Crippen LogP contribution in [0.2, 0.25) is 0 Å². The fraction of sp³-hybridized carbons (Fsp3) is 0.133. The number of pyridine rings is 1. The van der Waals surface area contributed by atoms with Crippen LogP contribution in [-0.4, -0.2) is 10.1 Å². The number of rotatable bonds is 1. The molecule has 3 aromatic rings. The number of nitrogens with zero attached hydrogens (tertiary/aromatic N) is 1. The third-order valence-electron chi connectivity index (χ3n) is 3.18. The minimum Gasteiger partial charge on any atom is -0.507 e. The highest BCUT2D eigenvalue weighted by Crippen LogP contribution is 2.32. The molecule has 3 rings (SSSR count). The van der Waals surface area contributed by atoms with Gasteiger partial charge in [0.25, 0.3) is 0 Å². The molecule has 2 aromatic carbocycles. The first-order chi connectivity index (χ1) is 8.31. The van der Waals surface area contributed by atoms with E-state index >= 15 is 0 Å². The van der Waals surface area contributed by atoms with Gasteiger partial charge >= 0.3 is 0 Å². The lowest BCUT2D eigenvalue weighted by molar-refractivity contribution is 0.482. The first-order valence-corrected chi connectivity index (χ1v) is 5.79. The van der Waals surface area contributed by atoms with Gasteiger partial charge in [0.1, 0.15) is 5.75 Å². The quantitative estimate of drug-likeness (QED) is 0.639. The van der Waals surface area contributed by atoms with Gasteiger partial charge in [-0.2, -0.15) is 0 Å². The highest BCUT2D eigenvalue weighted by molar-refractivity contribution is 6.10. The van der Waals surface area contributed by atoms with E-state index in [0.29, 0.717) is 5.75 Å². The highest BCUT2D eigenvalue weighted by Gasteiger charge is 2.08. The van der Waals surface area contributed by atoms with Crippen molar-refractivity contribution in [1.82, 2.24) is 4.98 Å². The van der Waals surface area contributed by atoms with Crippen molar-refractivity contribution < 1.29 is 5.11 Å². The topological polar surface area (TPSA) is 33.1 Å². The summed E-state index contributed by atoms with van der Waals surface area (Å²) >= 11 is 0. The van der Waals surface area contributed by atoms with Gasteiger partial charge in [0.2, 0.25) is 0 Å². The smallest absolute Gasteiger partial charge is 0.124 e. The van der Waals surface area contributed by atoms with Gasteiger partial charge in [0.15, 0.2) is 0 Å². The minimum atomic E-state index is 0.329. The van der Waals surface area contributed by atoms with Crippen molar-refractivity contribution in [2.45, 2.75) is 13.3 Å². The zero-order valence-corrected chi connectivity index (χ0v) is 9.64. The molecule has 0 fully saturated rings. The van der Waals surface area contributed by atoms with Crippen LogP contribution in [0.4, 0.5) is 0 Å². The van der Waals surface area contributed by atoms with Gasteiger partial charge in [-0.3, -0.25) is 4.98 Å². The third-order valence-corrected chi connectivity index (χ3v) is 3.18. The lowest BCUT2D eigenvalue weighted by atomic mass is 10.00. The molecule has 2 heteroatoms. The predicted molar refractivity (Wildman–Crippen MR) is 70.3 cm³/mol. The maximum absolute atomic E-state index is 10.1. The van der Waals surface area contributed by atoms with Crippen LogP contribution < -0.4 is 0 Å². The summed E-state index contributed by atoms with van der Waals surface area (Å²) < 4.78 is 0. The standard InChI is InChI=1S/C15H13NO/c1-2-10-5-3-7-12-14(10)15-11(9-16-12)6-4-8-13(15)17/h3-9,17H,2H2,1H3. The molecule has 0 atom stereocenters. The first kappa shape index (κ1) is 10.1. The lowest BCUT2D eigenvalue weighted by Crippen LogP contribution is -1.88. The van der Waals surface area contributed by atoms with Crippen LogP contribution in [0.3, 0.4) is 0 Å². The zero-order chi connectivity index (χ0) is 11.8. The van der Waals surface area contributed by atoms with Gasteiger partial charge in [-0.25, -0.2) is 0 Å². The van der Waals surface area contributed by atoms with E-state index < -0.39 is 0 Å². The second-order valence-corrected chi connectivity index (χ2v) is 4.16. The van der Waals surface area contributed by atoms with Crippen molar-refractivity contribution in [2.75, 3.05) is 0 Å². The van der Waals surface area contributed by atoms with Crippen LogP contribution in [0.25, 0.3) is 21.7 Å². The lowest BCUT2D eigenvalue weighted by Gasteiger charge is -2.08.